The molecule has 20 heavy (non-hydrogen) atoms. The van der Waals surface area contributed by atoms with E-state index >= 15 is 0 Å². The van der Waals surface area contributed by atoms with Gasteiger partial charge in [-0.2, -0.15) is 13.2 Å². The number of benzene rings is 2. The molecule has 0 atom stereocenters. The topological polar surface area (TPSA) is 32.3 Å². The molecule has 2 aromatic rings. The molecule has 0 aliphatic carbocycles. The Kier molecular flexibility index (Phi) is 3.88. The highest BCUT2D eigenvalue weighted by Gasteiger charge is 2.29. The second-order valence-electron chi connectivity index (χ2n) is 4.55. The highest BCUT2D eigenvalue weighted by molar-refractivity contribution is 5.51. The lowest BCUT2D eigenvalue weighted by atomic mass is 10.1. The fourth-order valence-corrected chi connectivity index (χ4v) is 1.74. The zero-order valence-corrected chi connectivity index (χ0v) is 10.8. The van der Waals surface area contributed by atoms with Gasteiger partial charge in [0.2, 0.25) is 0 Å². The number of rotatable bonds is 3. The van der Waals surface area contributed by atoms with Gasteiger partial charge in [-0.05, 0) is 36.2 Å². The van der Waals surface area contributed by atoms with E-state index in [2.05, 4.69) is 5.32 Å². The molecule has 2 rings (SSSR count). The molecule has 0 amide bonds. The lowest BCUT2D eigenvalue weighted by Crippen LogP contribution is -2.05. The van der Waals surface area contributed by atoms with Gasteiger partial charge in [-0.25, -0.2) is 0 Å². The summed E-state index contributed by atoms with van der Waals surface area (Å²) in [6.45, 7) is 2.18. The van der Waals surface area contributed by atoms with Crippen LogP contribution in [0.3, 0.4) is 0 Å². The molecule has 0 unspecified atom stereocenters. The Labute approximate surface area is 114 Å². The van der Waals surface area contributed by atoms with E-state index in [4.69, 9.17) is 0 Å². The minimum atomic E-state index is -4.31. The number of alkyl halides is 3. The summed E-state index contributed by atoms with van der Waals surface area (Å²) >= 11 is 0. The third-order valence-electron chi connectivity index (χ3n) is 2.99. The van der Waals surface area contributed by atoms with E-state index in [-0.39, 0.29) is 5.75 Å². The van der Waals surface area contributed by atoms with Crippen molar-refractivity contribution in [3.05, 3.63) is 59.2 Å². The molecule has 0 spiro atoms. The summed E-state index contributed by atoms with van der Waals surface area (Å²) in [5.41, 5.74) is 1.56. The number of anilines is 1. The molecule has 0 heterocycles. The Hall–Kier alpha value is -2.17. The lowest BCUT2D eigenvalue weighted by Gasteiger charge is -2.10. The lowest BCUT2D eigenvalue weighted by molar-refractivity contribution is -0.137. The molecule has 2 nitrogen and oxygen atoms in total. The number of phenols is 1. The van der Waals surface area contributed by atoms with E-state index in [1.165, 1.54) is 12.1 Å². The maximum absolute atomic E-state index is 12.4. The van der Waals surface area contributed by atoms with Gasteiger partial charge in [0.1, 0.15) is 5.75 Å². The molecule has 0 fully saturated rings. The van der Waals surface area contributed by atoms with Gasteiger partial charge in [-0.3, -0.25) is 0 Å². The largest absolute Gasteiger partial charge is 0.508 e. The van der Waals surface area contributed by atoms with Crippen LogP contribution in [0.5, 0.6) is 5.75 Å². The van der Waals surface area contributed by atoms with Crippen molar-refractivity contribution in [3.8, 4) is 5.75 Å². The summed E-state index contributed by atoms with van der Waals surface area (Å²) in [6, 6.07) is 10.1. The predicted molar refractivity (Wildman–Crippen MR) is 71.6 cm³/mol. The minimum Gasteiger partial charge on any atom is -0.508 e. The number of hydrogen-bond donors (Lipinski definition) is 2. The molecule has 0 saturated carbocycles. The quantitative estimate of drug-likeness (QED) is 0.877. The summed E-state index contributed by atoms with van der Waals surface area (Å²) in [6.07, 6.45) is -4.31. The maximum Gasteiger partial charge on any atom is 0.416 e. The van der Waals surface area contributed by atoms with Crippen molar-refractivity contribution in [1.82, 2.24) is 0 Å². The highest BCUT2D eigenvalue weighted by atomic mass is 19.4. The fraction of sp³-hybridized carbons (Fsp3) is 0.200. The first kappa shape index (κ1) is 14.2. The molecule has 106 valence electrons. The van der Waals surface area contributed by atoms with Crippen molar-refractivity contribution >= 4 is 5.69 Å². The molecule has 0 aromatic heterocycles. The molecule has 0 radical (unpaired) electrons. The number of phenolic OH excluding ortho intramolecular Hbond substituents is 1. The molecule has 2 N–H and O–H groups in total. The van der Waals surface area contributed by atoms with Crippen molar-refractivity contribution in [2.75, 3.05) is 5.32 Å². The van der Waals surface area contributed by atoms with Gasteiger partial charge in [-0.15, -0.1) is 0 Å². The first-order valence-electron chi connectivity index (χ1n) is 6.06. The molecule has 0 aliphatic rings. The van der Waals surface area contributed by atoms with Crippen LogP contribution in [0.15, 0.2) is 42.5 Å². The zero-order chi connectivity index (χ0) is 14.8. The molecule has 0 bridgehead atoms. The zero-order valence-electron chi connectivity index (χ0n) is 10.8. The van der Waals surface area contributed by atoms with Crippen molar-refractivity contribution in [2.24, 2.45) is 0 Å². The average Bonchev–Trinajstić information content (AvgIpc) is 2.40. The highest BCUT2D eigenvalue weighted by Crippen LogP contribution is 2.29. The molecule has 2 aromatic carbocycles. The molecule has 5 heteroatoms. The summed E-state index contributed by atoms with van der Waals surface area (Å²) in [7, 11) is 0. The second-order valence-corrected chi connectivity index (χ2v) is 4.55. The van der Waals surface area contributed by atoms with Crippen LogP contribution in [0.4, 0.5) is 18.9 Å². The van der Waals surface area contributed by atoms with Gasteiger partial charge in [0.25, 0.3) is 0 Å². The second kappa shape index (κ2) is 5.45. The first-order valence-corrected chi connectivity index (χ1v) is 6.06. The smallest absolute Gasteiger partial charge is 0.416 e. The van der Waals surface area contributed by atoms with Gasteiger partial charge >= 0.3 is 6.18 Å². The maximum atomic E-state index is 12.4. The average molecular weight is 281 g/mol. The van der Waals surface area contributed by atoms with Gasteiger partial charge < -0.3 is 10.4 Å². The molecular weight excluding hydrogens is 267 g/mol. The minimum absolute atomic E-state index is 0.183. The van der Waals surface area contributed by atoms with Crippen LogP contribution in [0.25, 0.3) is 0 Å². The van der Waals surface area contributed by atoms with E-state index in [0.717, 1.165) is 23.3 Å². The standard InChI is InChI=1S/C15H14F3NO/c1-10-2-7-13(8-14(10)20)19-9-11-3-5-12(6-4-11)15(16,17)18/h2-8,19-20H,9H2,1H3. The van der Waals surface area contributed by atoms with Gasteiger partial charge in [0, 0.05) is 18.3 Å². The monoisotopic (exact) mass is 281 g/mol. The Morgan fingerprint density at radius 2 is 1.70 bits per heavy atom. The fourth-order valence-electron chi connectivity index (χ4n) is 1.74. The van der Waals surface area contributed by atoms with Crippen molar-refractivity contribution in [2.45, 2.75) is 19.6 Å². The number of nitrogens with one attached hydrogen (secondary N) is 1. The Balaban J connectivity index is 2.02. The van der Waals surface area contributed by atoms with E-state index in [1.54, 1.807) is 25.1 Å². The van der Waals surface area contributed by atoms with E-state index in [0.29, 0.717) is 12.2 Å². The first-order chi connectivity index (χ1) is 9.36. The molecular formula is C15H14F3NO. The summed E-state index contributed by atoms with van der Waals surface area (Å²) < 4.78 is 37.2. The number of hydrogen-bond acceptors (Lipinski definition) is 2. The van der Waals surface area contributed by atoms with Crippen LogP contribution in [-0.4, -0.2) is 5.11 Å². The Morgan fingerprint density at radius 1 is 1.05 bits per heavy atom. The van der Waals surface area contributed by atoms with Crippen LogP contribution in [0, 0.1) is 6.92 Å². The van der Waals surface area contributed by atoms with Gasteiger partial charge in [0.15, 0.2) is 0 Å². The van der Waals surface area contributed by atoms with Crippen LogP contribution in [0.1, 0.15) is 16.7 Å². The van der Waals surface area contributed by atoms with E-state index in [9.17, 15) is 18.3 Å². The number of aryl methyl sites for hydroxylation is 1. The summed E-state index contributed by atoms with van der Waals surface area (Å²) in [5.74, 6) is 0.183. The summed E-state index contributed by atoms with van der Waals surface area (Å²) in [4.78, 5) is 0. The number of halogens is 3. The van der Waals surface area contributed by atoms with Crippen LogP contribution >= 0.6 is 0 Å². The van der Waals surface area contributed by atoms with E-state index < -0.39 is 11.7 Å². The predicted octanol–water partition coefficient (Wildman–Crippen LogP) is 4.33. The van der Waals surface area contributed by atoms with Crippen LogP contribution < -0.4 is 5.32 Å². The third-order valence-corrected chi connectivity index (χ3v) is 2.99. The van der Waals surface area contributed by atoms with Gasteiger partial charge in [-0.1, -0.05) is 18.2 Å². The normalized spacial score (nSPS) is 11.4. The van der Waals surface area contributed by atoms with Crippen LogP contribution in [-0.2, 0) is 12.7 Å². The Morgan fingerprint density at radius 3 is 2.25 bits per heavy atom. The SMILES string of the molecule is Cc1ccc(NCc2ccc(C(F)(F)F)cc2)cc1O. The molecule has 0 saturated heterocycles. The molecule has 0 aliphatic heterocycles. The van der Waals surface area contributed by atoms with Gasteiger partial charge in [0.05, 0.1) is 5.56 Å². The van der Waals surface area contributed by atoms with Crippen molar-refractivity contribution in [3.63, 3.8) is 0 Å². The van der Waals surface area contributed by atoms with Crippen molar-refractivity contribution < 1.29 is 18.3 Å². The number of aromatic hydroxyl groups is 1. The summed E-state index contributed by atoms with van der Waals surface area (Å²) in [5, 5.41) is 12.6. The third kappa shape index (κ3) is 3.44. The Bertz CT molecular complexity index is 591. The van der Waals surface area contributed by atoms with Crippen LogP contribution in [0.2, 0.25) is 0 Å². The van der Waals surface area contributed by atoms with Crippen molar-refractivity contribution in [1.29, 1.82) is 0 Å². The van der Waals surface area contributed by atoms with E-state index in [1.807, 2.05) is 0 Å².